The van der Waals surface area contributed by atoms with E-state index in [9.17, 15) is 9.59 Å². The van der Waals surface area contributed by atoms with Gasteiger partial charge in [-0.25, -0.2) is 9.97 Å². The van der Waals surface area contributed by atoms with Crippen LogP contribution >= 0.6 is 34.4 Å². The van der Waals surface area contributed by atoms with Crippen molar-refractivity contribution in [1.82, 2.24) is 19.5 Å². The Bertz CT molecular complexity index is 1560. The second-order valence-corrected chi connectivity index (χ2v) is 13.5. The molecule has 0 spiro atoms. The van der Waals surface area contributed by atoms with Gasteiger partial charge in [-0.2, -0.15) is 0 Å². The van der Waals surface area contributed by atoms with Crippen LogP contribution in [0, 0.1) is 13.8 Å². The summed E-state index contributed by atoms with van der Waals surface area (Å²) in [7, 11) is 0. The molecule has 0 aromatic carbocycles. The fraction of sp³-hybridized carbons (Fsp3) is 0.538. The zero-order chi connectivity index (χ0) is 24.3. The lowest BCUT2D eigenvalue weighted by molar-refractivity contribution is 0.326. The van der Waals surface area contributed by atoms with E-state index in [1.165, 1.54) is 23.3 Å². The second-order valence-electron chi connectivity index (χ2n) is 9.93. The number of hydrogen-bond donors (Lipinski definition) is 1. The van der Waals surface area contributed by atoms with Crippen molar-refractivity contribution in [2.45, 2.75) is 95.0 Å². The SMILES string of the molecule is Cc1sc2nc(C(C)Sc3nc4sc5c(c4c(=O)n3C3CCCCC3)CCCC5)[nH]c(=O)c2c1C. The maximum atomic E-state index is 14.0. The lowest BCUT2D eigenvalue weighted by Gasteiger charge is -2.26. The zero-order valence-electron chi connectivity index (χ0n) is 20.4. The smallest absolute Gasteiger partial charge is 0.263 e. The highest BCUT2D eigenvalue weighted by Gasteiger charge is 2.28. The molecule has 2 aliphatic carbocycles. The molecule has 0 saturated heterocycles. The second kappa shape index (κ2) is 9.16. The van der Waals surface area contributed by atoms with Gasteiger partial charge in [0.1, 0.15) is 15.5 Å². The minimum atomic E-state index is -0.136. The van der Waals surface area contributed by atoms with Crippen molar-refractivity contribution in [2.24, 2.45) is 0 Å². The fourth-order valence-corrected chi connectivity index (χ4v) is 9.00. The molecule has 1 atom stereocenters. The minimum absolute atomic E-state index is 0.0849. The van der Waals surface area contributed by atoms with Gasteiger partial charge in [0.25, 0.3) is 11.1 Å². The molecule has 35 heavy (non-hydrogen) atoms. The Balaban J connectivity index is 1.46. The molecule has 184 valence electrons. The number of aromatic amines is 1. The van der Waals surface area contributed by atoms with E-state index in [-0.39, 0.29) is 22.4 Å². The Labute approximate surface area is 216 Å². The van der Waals surface area contributed by atoms with Gasteiger partial charge in [-0.1, -0.05) is 31.0 Å². The Hall–Kier alpha value is -1.97. The van der Waals surface area contributed by atoms with E-state index in [0.29, 0.717) is 11.2 Å². The van der Waals surface area contributed by atoms with E-state index in [1.807, 2.05) is 25.3 Å². The monoisotopic (exact) mass is 526 g/mol. The first-order valence-electron chi connectivity index (χ1n) is 12.7. The van der Waals surface area contributed by atoms with Crippen molar-refractivity contribution in [2.75, 3.05) is 0 Å². The molecule has 4 heterocycles. The van der Waals surface area contributed by atoms with Gasteiger partial charge in [-0.3, -0.25) is 14.2 Å². The third-order valence-corrected chi connectivity index (χ3v) is 11.0. The topological polar surface area (TPSA) is 80.6 Å². The summed E-state index contributed by atoms with van der Waals surface area (Å²) in [5.74, 6) is 0.642. The quantitative estimate of drug-likeness (QED) is 0.239. The number of nitrogens with zero attached hydrogens (tertiary/aromatic N) is 3. The number of thiophene rings is 2. The average Bonchev–Trinajstić information content (AvgIpc) is 3.36. The molecule has 4 aromatic rings. The molecule has 2 aliphatic rings. The molecule has 1 saturated carbocycles. The average molecular weight is 527 g/mol. The first kappa shape index (κ1) is 23.4. The highest BCUT2D eigenvalue weighted by molar-refractivity contribution is 7.99. The Morgan fingerprint density at radius 2 is 1.71 bits per heavy atom. The normalized spacial score (nSPS) is 17.8. The molecule has 0 bridgehead atoms. The van der Waals surface area contributed by atoms with Gasteiger partial charge in [0.15, 0.2) is 5.16 Å². The van der Waals surface area contributed by atoms with Crippen LogP contribution in [0.15, 0.2) is 14.7 Å². The number of hydrogen-bond acceptors (Lipinski definition) is 7. The summed E-state index contributed by atoms with van der Waals surface area (Å²) in [5, 5.41) is 2.19. The lowest BCUT2D eigenvalue weighted by Crippen LogP contribution is -2.29. The number of aromatic nitrogens is 4. The Kier molecular flexibility index (Phi) is 6.13. The number of rotatable bonds is 4. The number of thioether (sulfide) groups is 1. The van der Waals surface area contributed by atoms with Crippen molar-refractivity contribution in [3.8, 4) is 0 Å². The third-order valence-electron chi connectivity index (χ3n) is 7.65. The summed E-state index contributed by atoms with van der Waals surface area (Å²) in [6.45, 7) is 6.05. The molecule has 1 fully saturated rings. The highest BCUT2D eigenvalue weighted by Crippen LogP contribution is 2.40. The van der Waals surface area contributed by atoms with Crippen LogP contribution in [0.3, 0.4) is 0 Å². The van der Waals surface area contributed by atoms with E-state index < -0.39 is 0 Å². The maximum Gasteiger partial charge on any atom is 0.263 e. The Morgan fingerprint density at radius 1 is 0.971 bits per heavy atom. The molecule has 0 amide bonds. The molecular weight excluding hydrogens is 497 g/mol. The fourth-order valence-electron chi connectivity index (χ4n) is 5.62. The molecule has 4 aromatic heterocycles. The van der Waals surface area contributed by atoms with Gasteiger partial charge in [-0.05, 0) is 70.4 Å². The van der Waals surface area contributed by atoms with Gasteiger partial charge < -0.3 is 4.98 Å². The van der Waals surface area contributed by atoms with Gasteiger partial charge in [-0.15, -0.1) is 22.7 Å². The van der Waals surface area contributed by atoms with Crippen LogP contribution in [0.25, 0.3) is 20.4 Å². The zero-order valence-corrected chi connectivity index (χ0v) is 22.9. The summed E-state index contributed by atoms with van der Waals surface area (Å²) in [5.41, 5.74) is 2.31. The van der Waals surface area contributed by atoms with Crippen LogP contribution in [-0.2, 0) is 12.8 Å². The predicted molar refractivity (Wildman–Crippen MR) is 147 cm³/mol. The van der Waals surface area contributed by atoms with Crippen molar-refractivity contribution >= 4 is 54.9 Å². The first-order valence-corrected chi connectivity index (χ1v) is 15.2. The van der Waals surface area contributed by atoms with Gasteiger partial charge in [0.05, 0.1) is 16.0 Å². The largest absolute Gasteiger partial charge is 0.309 e. The van der Waals surface area contributed by atoms with Gasteiger partial charge in [0, 0.05) is 15.8 Å². The van der Waals surface area contributed by atoms with Crippen molar-refractivity contribution < 1.29 is 0 Å². The van der Waals surface area contributed by atoms with Crippen LogP contribution in [0.5, 0.6) is 0 Å². The van der Waals surface area contributed by atoms with Gasteiger partial charge in [0.2, 0.25) is 0 Å². The van der Waals surface area contributed by atoms with Crippen LogP contribution in [-0.4, -0.2) is 19.5 Å². The third kappa shape index (κ3) is 4.00. The van der Waals surface area contributed by atoms with Crippen LogP contribution in [0.1, 0.15) is 89.9 Å². The first-order chi connectivity index (χ1) is 16.9. The standard InChI is InChI=1S/C26H30N4O2S3/c1-13-14(2)33-23-19(13)22(31)27-21(28-23)15(3)34-26-29-24-20(17-11-7-8-12-18(17)35-24)25(32)30(26)16-9-5-4-6-10-16/h15-16H,4-12H2,1-3H3,(H,27,28,31). The minimum Gasteiger partial charge on any atom is -0.309 e. The van der Waals surface area contributed by atoms with Crippen LogP contribution in [0.2, 0.25) is 0 Å². The summed E-state index contributed by atoms with van der Waals surface area (Å²) in [6.07, 6.45) is 9.98. The highest BCUT2D eigenvalue weighted by atomic mass is 32.2. The molecule has 6 rings (SSSR count). The van der Waals surface area contributed by atoms with E-state index >= 15 is 0 Å². The van der Waals surface area contributed by atoms with Crippen molar-refractivity contribution in [3.63, 3.8) is 0 Å². The number of nitrogens with one attached hydrogen (secondary N) is 1. The Morgan fingerprint density at radius 3 is 2.51 bits per heavy atom. The number of fused-ring (bicyclic) bond motifs is 4. The molecular formula is C26H30N4O2S3. The van der Waals surface area contributed by atoms with Crippen molar-refractivity contribution in [1.29, 1.82) is 0 Å². The number of aryl methyl sites for hydroxylation is 4. The molecule has 1 N–H and O–H groups in total. The maximum absolute atomic E-state index is 14.0. The summed E-state index contributed by atoms with van der Waals surface area (Å²) >= 11 is 4.82. The molecule has 6 nitrogen and oxygen atoms in total. The van der Waals surface area contributed by atoms with Crippen molar-refractivity contribution in [3.05, 3.63) is 47.4 Å². The van der Waals surface area contributed by atoms with Crippen LogP contribution in [0.4, 0.5) is 0 Å². The summed E-state index contributed by atoms with van der Waals surface area (Å²) in [4.78, 5) is 44.0. The molecule has 9 heteroatoms. The lowest BCUT2D eigenvalue weighted by atomic mass is 9.94. The molecule has 1 unspecified atom stereocenters. The van der Waals surface area contributed by atoms with E-state index in [1.54, 1.807) is 34.4 Å². The van der Waals surface area contributed by atoms with Crippen LogP contribution < -0.4 is 11.1 Å². The molecule has 0 radical (unpaired) electrons. The summed E-state index contributed by atoms with van der Waals surface area (Å²) in [6, 6.07) is 0.194. The number of H-pyrrole nitrogens is 1. The predicted octanol–water partition coefficient (Wildman–Crippen LogP) is 6.61. The van der Waals surface area contributed by atoms with E-state index in [0.717, 1.165) is 75.6 Å². The van der Waals surface area contributed by atoms with E-state index in [4.69, 9.17) is 9.97 Å². The van der Waals surface area contributed by atoms with E-state index in [2.05, 4.69) is 4.98 Å². The molecule has 0 aliphatic heterocycles. The van der Waals surface area contributed by atoms with Gasteiger partial charge >= 0.3 is 0 Å². The summed E-state index contributed by atoms with van der Waals surface area (Å²) < 4.78 is 2.00.